The van der Waals surface area contributed by atoms with Crippen molar-refractivity contribution in [2.24, 2.45) is 11.7 Å². The molecule has 1 rings (SSSR count). The van der Waals surface area contributed by atoms with Gasteiger partial charge in [-0.25, -0.2) is 8.78 Å². The lowest BCUT2D eigenvalue weighted by atomic mass is 10.1. The maximum atomic E-state index is 12.6. The van der Waals surface area contributed by atoms with Crippen molar-refractivity contribution in [1.29, 1.82) is 0 Å². The summed E-state index contributed by atoms with van der Waals surface area (Å²) in [6.45, 7) is 0. The number of rotatable bonds is 1. The summed E-state index contributed by atoms with van der Waals surface area (Å²) in [6, 6.07) is -0.675. The Morgan fingerprint density at radius 2 is 2.18 bits per heavy atom. The predicted octanol–water partition coefficient (Wildman–Crippen LogP) is 0.444. The highest BCUT2D eigenvalue weighted by molar-refractivity contribution is 5.71. The summed E-state index contributed by atoms with van der Waals surface area (Å²) < 4.78 is 25.3. The zero-order chi connectivity index (χ0) is 8.65. The van der Waals surface area contributed by atoms with Crippen LogP contribution in [-0.4, -0.2) is 23.0 Å². The van der Waals surface area contributed by atoms with Gasteiger partial charge in [0.1, 0.15) is 5.92 Å². The topological polar surface area (TPSA) is 63.3 Å². The predicted molar refractivity (Wildman–Crippen MR) is 33.3 cm³/mol. The second kappa shape index (κ2) is 2.41. The maximum absolute atomic E-state index is 12.6. The molecule has 3 nitrogen and oxygen atoms in total. The number of hydrogen-bond acceptors (Lipinski definition) is 2. The summed E-state index contributed by atoms with van der Waals surface area (Å²) in [5, 5.41) is 8.33. The first-order valence-electron chi connectivity index (χ1n) is 3.29. The van der Waals surface area contributed by atoms with E-state index in [-0.39, 0.29) is 6.42 Å². The van der Waals surface area contributed by atoms with Gasteiger partial charge >= 0.3 is 5.97 Å². The van der Waals surface area contributed by atoms with Crippen LogP contribution < -0.4 is 5.73 Å². The van der Waals surface area contributed by atoms with Gasteiger partial charge in [-0.05, 0) is 6.42 Å². The number of carboxylic acids is 1. The highest BCUT2D eigenvalue weighted by Gasteiger charge is 2.51. The summed E-state index contributed by atoms with van der Waals surface area (Å²) >= 11 is 0. The Bertz CT molecular complexity index is 183. The molecule has 1 saturated carbocycles. The van der Waals surface area contributed by atoms with Gasteiger partial charge in [0.15, 0.2) is 0 Å². The Morgan fingerprint density at radius 1 is 1.64 bits per heavy atom. The molecular weight excluding hydrogens is 156 g/mol. The molecule has 0 amide bonds. The van der Waals surface area contributed by atoms with Gasteiger partial charge in [0, 0.05) is 12.5 Å². The molecule has 0 spiro atoms. The molecule has 0 aromatic carbocycles. The Morgan fingerprint density at radius 3 is 2.36 bits per heavy atom. The molecule has 0 heterocycles. The van der Waals surface area contributed by atoms with Crippen molar-refractivity contribution in [3.63, 3.8) is 0 Å². The van der Waals surface area contributed by atoms with Crippen molar-refractivity contribution in [2.45, 2.75) is 24.8 Å². The van der Waals surface area contributed by atoms with Gasteiger partial charge in [-0.1, -0.05) is 0 Å². The fourth-order valence-corrected chi connectivity index (χ4v) is 1.33. The molecule has 0 aromatic rings. The fourth-order valence-electron chi connectivity index (χ4n) is 1.33. The molecule has 0 bridgehead atoms. The molecular formula is C6H9F2NO2. The van der Waals surface area contributed by atoms with Crippen molar-refractivity contribution >= 4 is 5.97 Å². The van der Waals surface area contributed by atoms with Crippen molar-refractivity contribution in [3.05, 3.63) is 0 Å². The average molecular weight is 165 g/mol. The van der Waals surface area contributed by atoms with Crippen LogP contribution in [-0.2, 0) is 4.79 Å². The summed E-state index contributed by atoms with van der Waals surface area (Å²) in [5.41, 5.74) is 5.20. The lowest BCUT2D eigenvalue weighted by Gasteiger charge is -2.13. The molecule has 5 heteroatoms. The number of alkyl halides is 2. The Balaban J connectivity index is 2.74. The Labute approximate surface area is 62.2 Å². The average Bonchev–Trinajstić information content (AvgIpc) is 2.04. The standard InChI is InChI=1S/C6H9F2NO2/c7-6(8)2-3(9)1-4(6)5(10)11/h3-4H,1-2,9H2,(H,10,11)/t3-,4-/m1/s1. The third-order valence-corrected chi connectivity index (χ3v) is 1.88. The summed E-state index contributed by atoms with van der Waals surface area (Å²) in [6.07, 6.45) is -0.633. The quantitative estimate of drug-likeness (QED) is 0.592. The van der Waals surface area contributed by atoms with Gasteiger partial charge in [-0.3, -0.25) is 4.79 Å². The minimum Gasteiger partial charge on any atom is -0.481 e. The normalized spacial score (nSPS) is 35.5. The van der Waals surface area contributed by atoms with Crippen molar-refractivity contribution < 1.29 is 18.7 Å². The number of carboxylic acid groups (broad SMARTS) is 1. The number of aliphatic carboxylic acids is 1. The van der Waals surface area contributed by atoms with Crippen LogP contribution in [0.1, 0.15) is 12.8 Å². The highest BCUT2D eigenvalue weighted by atomic mass is 19.3. The zero-order valence-electron chi connectivity index (χ0n) is 5.76. The van der Waals surface area contributed by atoms with E-state index in [9.17, 15) is 13.6 Å². The monoisotopic (exact) mass is 165 g/mol. The van der Waals surface area contributed by atoms with Crippen LogP contribution in [0.15, 0.2) is 0 Å². The largest absolute Gasteiger partial charge is 0.481 e. The van der Waals surface area contributed by atoms with E-state index in [1.165, 1.54) is 0 Å². The number of nitrogens with two attached hydrogens (primary N) is 1. The van der Waals surface area contributed by atoms with Crippen LogP contribution in [0.25, 0.3) is 0 Å². The van der Waals surface area contributed by atoms with Gasteiger partial charge < -0.3 is 10.8 Å². The first-order valence-corrected chi connectivity index (χ1v) is 3.29. The Hall–Kier alpha value is -0.710. The fraction of sp³-hybridized carbons (Fsp3) is 0.833. The maximum Gasteiger partial charge on any atom is 0.312 e. The van der Waals surface area contributed by atoms with E-state index in [0.29, 0.717) is 0 Å². The molecule has 0 radical (unpaired) electrons. The van der Waals surface area contributed by atoms with Gasteiger partial charge in [0.2, 0.25) is 0 Å². The van der Waals surface area contributed by atoms with E-state index in [2.05, 4.69) is 0 Å². The molecule has 0 aromatic heterocycles. The molecule has 0 saturated heterocycles. The number of carbonyl (C=O) groups is 1. The summed E-state index contributed by atoms with van der Waals surface area (Å²) in [5.74, 6) is -6.16. The first-order chi connectivity index (χ1) is 4.93. The second-order valence-corrected chi connectivity index (χ2v) is 2.85. The lowest BCUT2D eigenvalue weighted by Crippen LogP contribution is -2.28. The molecule has 1 aliphatic rings. The Kier molecular flexibility index (Phi) is 1.83. The molecule has 0 aliphatic heterocycles. The smallest absolute Gasteiger partial charge is 0.312 e. The van der Waals surface area contributed by atoms with Gasteiger partial charge in [-0.2, -0.15) is 0 Å². The molecule has 3 N–H and O–H groups in total. The summed E-state index contributed by atoms with van der Waals surface area (Å²) in [4.78, 5) is 10.2. The van der Waals surface area contributed by atoms with Gasteiger partial charge in [0.25, 0.3) is 5.92 Å². The van der Waals surface area contributed by atoms with Crippen LogP contribution >= 0.6 is 0 Å². The minimum atomic E-state index is -3.12. The van der Waals surface area contributed by atoms with E-state index in [4.69, 9.17) is 10.8 Å². The van der Waals surface area contributed by atoms with Crippen LogP contribution in [0.5, 0.6) is 0 Å². The SMILES string of the molecule is N[C@@H]1C[C@H](C(=O)O)C(F)(F)C1. The molecule has 1 fully saturated rings. The first kappa shape index (κ1) is 8.39. The molecule has 2 atom stereocenters. The van der Waals surface area contributed by atoms with Crippen LogP contribution in [0.2, 0.25) is 0 Å². The molecule has 1 aliphatic carbocycles. The van der Waals surface area contributed by atoms with Crippen LogP contribution in [0.4, 0.5) is 8.78 Å². The van der Waals surface area contributed by atoms with Crippen LogP contribution in [0, 0.1) is 5.92 Å². The molecule has 0 unspecified atom stereocenters. The van der Waals surface area contributed by atoms with Gasteiger partial charge in [0.05, 0.1) is 0 Å². The number of halogens is 2. The van der Waals surface area contributed by atoms with Crippen molar-refractivity contribution in [3.8, 4) is 0 Å². The highest BCUT2D eigenvalue weighted by Crippen LogP contribution is 2.39. The van der Waals surface area contributed by atoms with E-state index in [1.807, 2.05) is 0 Å². The molecule has 64 valence electrons. The van der Waals surface area contributed by atoms with Crippen LogP contribution in [0.3, 0.4) is 0 Å². The second-order valence-electron chi connectivity index (χ2n) is 2.85. The van der Waals surface area contributed by atoms with Crippen molar-refractivity contribution in [2.75, 3.05) is 0 Å². The minimum absolute atomic E-state index is 0.123. The van der Waals surface area contributed by atoms with E-state index in [1.54, 1.807) is 0 Å². The number of hydrogen-bond donors (Lipinski definition) is 2. The van der Waals surface area contributed by atoms with E-state index < -0.39 is 30.3 Å². The third kappa shape index (κ3) is 1.48. The third-order valence-electron chi connectivity index (χ3n) is 1.88. The zero-order valence-corrected chi connectivity index (χ0v) is 5.76. The van der Waals surface area contributed by atoms with Crippen molar-refractivity contribution in [1.82, 2.24) is 0 Å². The molecule has 11 heavy (non-hydrogen) atoms. The van der Waals surface area contributed by atoms with Gasteiger partial charge in [-0.15, -0.1) is 0 Å². The summed E-state index contributed by atoms with van der Waals surface area (Å²) in [7, 11) is 0. The van der Waals surface area contributed by atoms with E-state index in [0.717, 1.165) is 0 Å². The van der Waals surface area contributed by atoms with E-state index >= 15 is 0 Å². The lowest BCUT2D eigenvalue weighted by molar-refractivity contribution is -0.153.